The SMILES string of the molecule is O=C1c2ccccc2NC(c2cccc(O)c2Br)N1c1ccccc1. The molecule has 3 aromatic carbocycles. The van der Waals surface area contributed by atoms with E-state index in [4.69, 9.17) is 0 Å². The summed E-state index contributed by atoms with van der Waals surface area (Å²) in [5.41, 5.74) is 2.97. The first-order chi connectivity index (χ1) is 12.2. The quantitative estimate of drug-likeness (QED) is 0.647. The zero-order valence-corrected chi connectivity index (χ0v) is 14.8. The van der Waals surface area contributed by atoms with Crippen LogP contribution in [0.2, 0.25) is 0 Å². The lowest BCUT2D eigenvalue weighted by Gasteiger charge is -2.38. The number of fused-ring (bicyclic) bond motifs is 1. The standard InChI is InChI=1S/C20H15BrN2O2/c21-18-15(10-6-12-17(18)24)19-22-16-11-5-4-9-14(16)20(25)23(19)13-7-2-1-3-8-13/h1-12,19,22,24H. The molecule has 25 heavy (non-hydrogen) atoms. The maximum atomic E-state index is 13.2. The maximum absolute atomic E-state index is 13.2. The van der Waals surface area contributed by atoms with Gasteiger partial charge in [-0.2, -0.15) is 0 Å². The number of para-hydroxylation sites is 2. The highest BCUT2D eigenvalue weighted by Gasteiger charge is 2.35. The van der Waals surface area contributed by atoms with Crippen molar-refractivity contribution in [2.45, 2.75) is 6.17 Å². The van der Waals surface area contributed by atoms with Gasteiger partial charge < -0.3 is 10.4 Å². The Labute approximate surface area is 153 Å². The van der Waals surface area contributed by atoms with Crippen LogP contribution in [-0.2, 0) is 0 Å². The molecule has 1 aliphatic heterocycles. The molecule has 1 unspecified atom stereocenters. The number of phenols is 1. The van der Waals surface area contributed by atoms with Crippen molar-refractivity contribution in [1.82, 2.24) is 0 Å². The number of carbonyl (C=O) groups is 1. The second-order valence-electron chi connectivity index (χ2n) is 5.78. The Morgan fingerprint density at radius 1 is 0.920 bits per heavy atom. The van der Waals surface area contributed by atoms with E-state index >= 15 is 0 Å². The highest BCUT2D eigenvalue weighted by atomic mass is 79.9. The van der Waals surface area contributed by atoms with Crippen molar-refractivity contribution < 1.29 is 9.90 Å². The van der Waals surface area contributed by atoms with Crippen molar-refractivity contribution in [3.05, 3.63) is 88.4 Å². The van der Waals surface area contributed by atoms with Gasteiger partial charge in [0.15, 0.2) is 0 Å². The number of nitrogens with one attached hydrogen (secondary N) is 1. The first kappa shape index (κ1) is 15.7. The summed E-state index contributed by atoms with van der Waals surface area (Å²) in [7, 11) is 0. The number of benzene rings is 3. The number of rotatable bonds is 2. The van der Waals surface area contributed by atoms with E-state index in [0.717, 1.165) is 16.9 Å². The van der Waals surface area contributed by atoms with Gasteiger partial charge in [0.05, 0.1) is 10.0 Å². The van der Waals surface area contributed by atoms with Gasteiger partial charge in [-0.1, -0.05) is 42.5 Å². The summed E-state index contributed by atoms with van der Waals surface area (Å²) in [6.45, 7) is 0. The molecule has 2 N–H and O–H groups in total. The number of nitrogens with zero attached hydrogens (tertiary/aromatic N) is 1. The Morgan fingerprint density at radius 2 is 1.64 bits per heavy atom. The summed E-state index contributed by atoms with van der Waals surface area (Å²) in [6, 6.07) is 22.2. The molecule has 4 nitrogen and oxygen atoms in total. The largest absolute Gasteiger partial charge is 0.507 e. The summed E-state index contributed by atoms with van der Waals surface area (Å²) in [4.78, 5) is 14.9. The number of hydrogen-bond acceptors (Lipinski definition) is 3. The molecule has 0 spiro atoms. The van der Waals surface area contributed by atoms with E-state index < -0.39 is 6.17 Å². The van der Waals surface area contributed by atoms with Crippen LogP contribution in [0.15, 0.2) is 77.3 Å². The Bertz CT molecular complexity index is 943. The van der Waals surface area contributed by atoms with Gasteiger partial charge in [-0.3, -0.25) is 9.69 Å². The van der Waals surface area contributed by atoms with E-state index in [1.54, 1.807) is 17.0 Å². The van der Waals surface area contributed by atoms with Crippen LogP contribution in [0, 0.1) is 0 Å². The van der Waals surface area contributed by atoms with Crippen molar-refractivity contribution in [2.24, 2.45) is 0 Å². The van der Waals surface area contributed by atoms with Crippen molar-refractivity contribution in [2.75, 3.05) is 10.2 Å². The molecule has 3 aromatic rings. The zero-order chi connectivity index (χ0) is 17.4. The van der Waals surface area contributed by atoms with Gasteiger partial charge >= 0.3 is 0 Å². The molecule has 1 amide bonds. The van der Waals surface area contributed by atoms with Crippen molar-refractivity contribution in [3.8, 4) is 5.75 Å². The predicted molar refractivity (Wildman–Crippen MR) is 102 cm³/mol. The maximum Gasteiger partial charge on any atom is 0.262 e. The highest BCUT2D eigenvalue weighted by Crippen LogP contribution is 2.40. The fourth-order valence-corrected chi connectivity index (χ4v) is 3.56. The minimum absolute atomic E-state index is 0.0826. The molecule has 1 aliphatic rings. The van der Waals surface area contributed by atoms with Crippen LogP contribution in [0.25, 0.3) is 0 Å². The molecule has 0 saturated heterocycles. The molecule has 0 fully saturated rings. The molecular weight excluding hydrogens is 380 g/mol. The van der Waals surface area contributed by atoms with Crippen molar-refractivity contribution in [1.29, 1.82) is 0 Å². The molecule has 0 saturated carbocycles. The third-order valence-corrected chi connectivity index (χ3v) is 5.13. The number of aromatic hydroxyl groups is 1. The minimum atomic E-state index is -0.439. The Hall–Kier alpha value is -2.79. The van der Waals surface area contributed by atoms with E-state index in [0.29, 0.717) is 10.0 Å². The van der Waals surface area contributed by atoms with E-state index in [9.17, 15) is 9.90 Å². The third-order valence-electron chi connectivity index (χ3n) is 4.26. The normalized spacial score (nSPS) is 16.3. The summed E-state index contributed by atoms with van der Waals surface area (Å²) in [5, 5.41) is 13.5. The molecule has 1 heterocycles. The molecule has 124 valence electrons. The zero-order valence-electron chi connectivity index (χ0n) is 13.2. The van der Waals surface area contributed by atoms with Gasteiger partial charge in [0.1, 0.15) is 11.9 Å². The smallest absolute Gasteiger partial charge is 0.262 e. The Morgan fingerprint density at radius 3 is 2.44 bits per heavy atom. The number of halogens is 1. The van der Waals surface area contributed by atoms with Gasteiger partial charge in [-0.05, 0) is 46.3 Å². The second kappa shape index (κ2) is 6.26. The van der Waals surface area contributed by atoms with E-state index in [2.05, 4.69) is 21.2 Å². The Balaban J connectivity index is 1.91. The average molecular weight is 395 g/mol. The number of phenolic OH excluding ortho intramolecular Hbond substituents is 1. The molecule has 0 bridgehead atoms. The number of hydrogen-bond donors (Lipinski definition) is 2. The summed E-state index contributed by atoms with van der Waals surface area (Å²) in [6.07, 6.45) is -0.439. The topological polar surface area (TPSA) is 52.6 Å². The lowest BCUT2D eigenvalue weighted by molar-refractivity contribution is 0.0974. The van der Waals surface area contributed by atoms with Gasteiger partial charge in [-0.25, -0.2) is 0 Å². The fraction of sp³-hybridized carbons (Fsp3) is 0.0500. The molecule has 0 radical (unpaired) electrons. The van der Waals surface area contributed by atoms with Crippen LogP contribution < -0.4 is 10.2 Å². The number of anilines is 2. The lowest BCUT2D eigenvalue weighted by atomic mass is 10.0. The minimum Gasteiger partial charge on any atom is -0.507 e. The van der Waals surface area contributed by atoms with Crippen LogP contribution in [0.4, 0.5) is 11.4 Å². The van der Waals surface area contributed by atoms with Crippen LogP contribution in [0.5, 0.6) is 5.75 Å². The molecular formula is C20H15BrN2O2. The first-order valence-electron chi connectivity index (χ1n) is 7.88. The fourth-order valence-electron chi connectivity index (χ4n) is 3.07. The van der Waals surface area contributed by atoms with Gasteiger partial charge in [-0.15, -0.1) is 0 Å². The summed E-state index contributed by atoms with van der Waals surface area (Å²) < 4.78 is 0.570. The van der Waals surface area contributed by atoms with Crippen LogP contribution >= 0.6 is 15.9 Å². The number of carbonyl (C=O) groups excluding carboxylic acids is 1. The molecule has 1 atom stereocenters. The monoisotopic (exact) mass is 394 g/mol. The first-order valence-corrected chi connectivity index (χ1v) is 8.67. The van der Waals surface area contributed by atoms with E-state index in [-0.39, 0.29) is 11.7 Å². The molecule has 0 aromatic heterocycles. The third kappa shape index (κ3) is 2.66. The van der Waals surface area contributed by atoms with E-state index in [1.807, 2.05) is 60.7 Å². The molecule has 5 heteroatoms. The second-order valence-corrected chi connectivity index (χ2v) is 6.58. The van der Waals surface area contributed by atoms with Crippen LogP contribution in [-0.4, -0.2) is 11.0 Å². The van der Waals surface area contributed by atoms with Gasteiger partial charge in [0, 0.05) is 16.9 Å². The van der Waals surface area contributed by atoms with Gasteiger partial charge in [0.25, 0.3) is 5.91 Å². The number of amides is 1. The van der Waals surface area contributed by atoms with Crippen molar-refractivity contribution >= 4 is 33.2 Å². The van der Waals surface area contributed by atoms with Crippen LogP contribution in [0.3, 0.4) is 0 Å². The van der Waals surface area contributed by atoms with E-state index in [1.165, 1.54) is 0 Å². The summed E-state index contributed by atoms with van der Waals surface area (Å²) in [5.74, 6) is 0.0550. The Kier molecular flexibility index (Phi) is 3.93. The molecule has 4 rings (SSSR count). The highest BCUT2D eigenvalue weighted by molar-refractivity contribution is 9.10. The lowest BCUT2D eigenvalue weighted by Crippen LogP contribution is -2.43. The van der Waals surface area contributed by atoms with Gasteiger partial charge in [0.2, 0.25) is 0 Å². The predicted octanol–water partition coefficient (Wildman–Crippen LogP) is 4.93. The van der Waals surface area contributed by atoms with Crippen LogP contribution in [0.1, 0.15) is 22.1 Å². The van der Waals surface area contributed by atoms with Crippen molar-refractivity contribution in [3.63, 3.8) is 0 Å². The molecule has 0 aliphatic carbocycles. The summed E-state index contributed by atoms with van der Waals surface area (Å²) >= 11 is 3.45. The average Bonchev–Trinajstić information content (AvgIpc) is 2.65.